The van der Waals surface area contributed by atoms with Gasteiger partial charge in [0.05, 0.1) is 34.0 Å². The fraction of sp³-hybridized carbons (Fsp3) is 0. The van der Waals surface area contributed by atoms with E-state index in [2.05, 4.69) is 89.5 Å². The van der Waals surface area contributed by atoms with Crippen LogP contribution in [0.15, 0.2) is 103 Å². The molecule has 2 N–H and O–H groups in total. The number of hydrogen-bond acceptors (Lipinski definition) is 3. The lowest BCUT2D eigenvalue weighted by Gasteiger charge is -2.16. The maximum atomic E-state index is 9.30. The summed E-state index contributed by atoms with van der Waals surface area (Å²) in [5.41, 5.74) is 13.6. The quantitative estimate of drug-likeness (QED) is 0.261. The molecular weight excluding hydrogens is 446 g/mol. The number of nitrogens with zero attached hydrogens (tertiary/aromatic N) is 2. The maximum absolute atomic E-state index is 9.30. The van der Waals surface area contributed by atoms with Crippen LogP contribution in [0, 0.1) is 11.3 Å². The number of aromatic nitrogens is 1. The Hall–Kier alpha value is -4.59. The summed E-state index contributed by atoms with van der Waals surface area (Å²) < 4.78 is 4.62. The van der Waals surface area contributed by atoms with Gasteiger partial charge >= 0.3 is 0 Å². The zero-order valence-electron chi connectivity index (χ0n) is 18.7. The molecule has 2 aromatic heterocycles. The molecule has 2 heterocycles. The van der Waals surface area contributed by atoms with Gasteiger partial charge in [0, 0.05) is 36.5 Å². The SMILES string of the molecule is N#Cc1ccc2c(c1)sc1cc(-c3cccc(N)c3-n3c4ccccc4c4ccccc43)ccc12. The van der Waals surface area contributed by atoms with E-state index in [0.717, 1.165) is 38.2 Å². The fourth-order valence-electron chi connectivity index (χ4n) is 5.22. The predicted molar refractivity (Wildman–Crippen MR) is 148 cm³/mol. The highest BCUT2D eigenvalue weighted by Crippen LogP contribution is 2.41. The Morgan fingerprint density at radius 1 is 0.657 bits per heavy atom. The minimum Gasteiger partial charge on any atom is -0.397 e. The first-order valence-electron chi connectivity index (χ1n) is 11.5. The third-order valence-electron chi connectivity index (χ3n) is 6.78. The zero-order chi connectivity index (χ0) is 23.5. The van der Waals surface area contributed by atoms with Crippen molar-refractivity contribution in [1.82, 2.24) is 4.57 Å². The van der Waals surface area contributed by atoms with Gasteiger partial charge in [-0.2, -0.15) is 5.26 Å². The van der Waals surface area contributed by atoms with Gasteiger partial charge < -0.3 is 10.3 Å². The van der Waals surface area contributed by atoms with Crippen LogP contribution in [0.2, 0.25) is 0 Å². The average Bonchev–Trinajstić information content (AvgIpc) is 3.43. The van der Waals surface area contributed by atoms with E-state index in [0.29, 0.717) is 5.56 Å². The summed E-state index contributed by atoms with van der Waals surface area (Å²) in [7, 11) is 0. The molecule has 7 rings (SSSR count). The molecule has 7 aromatic rings. The van der Waals surface area contributed by atoms with Crippen LogP contribution in [0.3, 0.4) is 0 Å². The van der Waals surface area contributed by atoms with Crippen molar-refractivity contribution in [2.75, 3.05) is 5.73 Å². The van der Waals surface area contributed by atoms with Gasteiger partial charge in [0.25, 0.3) is 0 Å². The molecule has 0 spiro atoms. The largest absolute Gasteiger partial charge is 0.397 e. The van der Waals surface area contributed by atoms with Crippen molar-refractivity contribution in [3.63, 3.8) is 0 Å². The fourth-order valence-corrected chi connectivity index (χ4v) is 6.41. The monoisotopic (exact) mass is 465 g/mol. The molecule has 164 valence electrons. The van der Waals surface area contributed by atoms with Gasteiger partial charge in [-0.1, -0.05) is 66.7 Å². The van der Waals surface area contributed by atoms with Crippen molar-refractivity contribution in [3.8, 4) is 22.9 Å². The van der Waals surface area contributed by atoms with Gasteiger partial charge in [0.1, 0.15) is 0 Å². The first-order valence-corrected chi connectivity index (χ1v) is 12.3. The Bertz CT molecular complexity index is 1930. The van der Waals surface area contributed by atoms with Crippen LogP contribution in [0.1, 0.15) is 5.56 Å². The van der Waals surface area contributed by atoms with E-state index >= 15 is 0 Å². The number of fused-ring (bicyclic) bond motifs is 6. The lowest BCUT2D eigenvalue weighted by Crippen LogP contribution is -2.02. The molecular formula is C31H19N3S. The molecule has 0 unspecified atom stereocenters. The van der Waals surface area contributed by atoms with E-state index in [1.807, 2.05) is 24.3 Å². The third-order valence-corrected chi connectivity index (χ3v) is 7.90. The van der Waals surface area contributed by atoms with Crippen LogP contribution in [0.4, 0.5) is 5.69 Å². The molecule has 3 nitrogen and oxygen atoms in total. The summed E-state index contributed by atoms with van der Waals surface area (Å²) in [6.07, 6.45) is 0. The summed E-state index contributed by atoms with van der Waals surface area (Å²) >= 11 is 1.72. The smallest absolute Gasteiger partial charge is 0.0992 e. The van der Waals surface area contributed by atoms with Gasteiger partial charge in [-0.05, 0) is 42.0 Å². The molecule has 0 aliphatic rings. The highest BCUT2D eigenvalue weighted by Gasteiger charge is 2.18. The van der Waals surface area contributed by atoms with Gasteiger partial charge in [-0.3, -0.25) is 0 Å². The Kier molecular flexibility index (Phi) is 4.23. The van der Waals surface area contributed by atoms with Gasteiger partial charge in [0.2, 0.25) is 0 Å². The summed E-state index contributed by atoms with van der Waals surface area (Å²) in [5.74, 6) is 0. The third kappa shape index (κ3) is 2.89. The molecule has 0 saturated heterocycles. The second-order valence-electron chi connectivity index (χ2n) is 8.75. The number of thiophene rings is 1. The lowest BCUT2D eigenvalue weighted by molar-refractivity contribution is 1.19. The van der Waals surface area contributed by atoms with Crippen LogP contribution in [-0.4, -0.2) is 4.57 Å². The van der Waals surface area contributed by atoms with E-state index < -0.39 is 0 Å². The number of anilines is 1. The van der Waals surface area contributed by atoms with E-state index in [1.165, 1.54) is 26.2 Å². The molecule has 5 aromatic carbocycles. The van der Waals surface area contributed by atoms with E-state index in [9.17, 15) is 5.26 Å². The average molecular weight is 466 g/mol. The Morgan fingerprint density at radius 2 is 1.31 bits per heavy atom. The van der Waals surface area contributed by atoms with Crippen molar-refractivity contribution in [1.29, 1.82) is 5.26 Å². The van der Waals surface area contributed by atoms with Crippen LogP contribution in [0.5, 0.6) is 0 Å². The van der Waals surface area contributed by atoms with E-state index in [-0.39, 0.29) is 0 Å². The molecule has 0 bridgehead atoms. The normalized spacial score (nSPS) is 11.5. The number of nitrogens with two attached hydrogens (primary N) is 1. The molecule has 35 heavy (non-hydrogen) atoms. The number of nitrogen functional groups attached to an aromatic ring is 1. The van der Waals surface area contributed by atoms with Crippen LogP contribution in [-0.2, 0) is 0 Å². The topological polar surface area (TPSA) is 54.7 Å². The lowest BCUT2D eigenvalue weighted by atomic mass is 10.0. The number of hydrogen-bond donors (Lipinski definition) is 1. The first-order chi connectivity index (χ1) is 17.2. The minimum absolute atomic E-state index is 0.689. The van der Waals surface area contributed by atoms with Crippen molar-refractivity contribution >= 4 is 59.0 Å². The number of rotatable bonds is 2. The molecule has 0 fully saturated rings. The second kappa shape index (κ2) is 7.46. The number of nitriles is 1. The maximum Gasteiger partial charge on any atom is 0.0992 e. The van der Waals surface area contributed by atoms with Gasteiger partial charge in [0.15, 0.2) is 0 Å². The van der Waals surface area contributed by atoms with Crippen LogP contribution < -0.4 is 5.73 Å². The first kappa shape index (κ1) is 19.8. The second-order valence-corrected chi connectivity index (χ2v) is 9.83. The zero-order valence-corrected chi connectivity index (χ0v) is 19.5. The Balaban J connectivity index is 1.52. The summed E-state index contributed by atoms with van der Waals surface area (Å²) in [6.45, 7) is 0. The highest BCUT2D eigenvalue weighted by molar-refractivity contribution is 7.25. The van der Waals surface area contributed by atoms with Crippen molar-refractivity contribution in [2.45, 2.75) is 0 Å². The molecule has 0 saturated carbocycles. The standard InChI is InChI=1S/C31H19N3S/c32-18-19-12-14-24-25-15-13-20(17-30(25)35-29(24)16-19)21-8-5-9-26(33)31(21)34-27-10-3-1-6-22(27)23-7-2-4-11-28(23)34/h1-17H,33H2. The van der Waals surface area contributed by atoms with Crippen LogP contribution >= 0.6 is 11.3 Å². The number of benzene rings is 5. The number of para-hydroxylation sites is 3. The van der Waals surface area contributed by atoms with Crippen molar-refractivity contribution in [3.05, 3.63) is 109 Å². The van der Waals surface area contributed by atoms with Crippen LogP contribution in [0.25, 0.3) is 58.8 Å². The molecule has 0 aliphatic carbocycles. The minimum atomic E-state index is 0.689. The van der Waals surface area contributed by atoms with E-state index in [4.69, 9.17) is 5.73 Å². The molecule has 4 heteroatoms. The van der Waals surface area contributed by atoms with E-state index in [1.54, 1.807) is 11.3 Å². The summed E-state index contributed by atoms with van der Waals surface area (Å²) in [5, 5.41) is 14.1. The van der Waals surface area contributed by atoms with Crippen molar-refractivity contribution < 1.29 is 0 Å². The Morgan fingerprint density at radius 3 is 2.03 bits per heavy atom. The van der Waals surface area contributed by atoms with Gasteiger partial charge in [-0.15, -0.1) is 11.3 Å². The molecule has 0 atom stereocenters. The predicted octanol–water partition coefficient (Wildman–Crippen LogP) is 8.27. The Labute approximate surface area is 205 Å². The molecule has 0 radical (unpaired) electrons. The van der Waals surface area contributed by atoms with Gasteiger partial charge in [-0.25, -0.2) is 0 Å². The molecule has 0 amide bonds. The highest BCUT2D eigenvalue weighted by atomic mass is 32.1. The summed E-state index contributed by atoms with van der Waals surface area (Å²) in [4.78, 5) is 0. The summed E-state index contributed by atoms with van der Waals surface area (Å²) in [6, 6.07) is 37.9. The molecule has 0 aliphatic heterocycles. The van der Waals surface area contributed by atoms with Crippen molar-refractivity contribution in [2.24, 2.45) is 0 Å².